The van der Waals surface area contributed by atoms with Crippen LogP contribution in [0.4, 0.5) is 16.2 Å². The number of nitrogen functional groups attached to an aromatic ring is 2. The second kappa shape index (κ2) is 11.3. The standard InChI is InChI=1S/C21H25FN10O9P2S2/c22-8-7(1-33)39-19(32-6-28-10-16(32)29-20(24)30-17(10)34)12(8)43(36,45)38-3-21-2-37-11(13(21)41-42(35)44)18(40-21)31-5-27-9-14(23)25-4-26-15(9)31/h4-8,11-13,18-19,33,42H,1-3H2,(H,35,44)(H,36,45)(H2,23,25,26)(H3,24,29,30,34)/t7-,8+,11-,12-,13+,18-,19-,21-,43?/m1/s1. The number of hydrogen-bond acceptors (Lipinski definition) is 16. The lowest BCUT2D eigenvalue weighted by Crippen LogP contribution is -2.45. The molecule has 2 unspecified atom stereocenters. The number of imidazole rings is 2. The van der Waals surface area contributed by atoms with Crippen LogP contribution in [-0.2, 0) is 39.6 Å². The molecule has 0 spiro atoms. The van der Waals surface area contributed by atoms with Crippen LogP contribution in [0.1, 0.15) is 12.5 Å². The Bertz CT molecular complexity index is 1930. The molecule has 0 saturated carbocycles. The van der Waals surface area contributed by atoms with Crippen LogP contribution in [0.15, 0.2) is 23.8 Å². The number of hydrogen-bond donors (Lipinski definition) is 6. The minimum atomic E-state index is -4.23. The van der Waals surface area contributed by atoms with Crippen LogP contribution in [0.25, 0.3) is 22.3 Å². The molecule has 242 valence electrons. The first-order chi connectivity index (χ1) is 21.4. The molecule has 3 fully saturated rings. The van der Waals surface area contributed by atoms with Gasteiger partial charge in [-0.25, -0.2) is 24.3 Å². The molecule has 24 heteroatoms. The fourth-order valence-corrected chi connectivity index (χ4v) is 9.29. The van der Waals surface area contributed by atoms with Crippen molar-refractivity contribution in [1.82, 2.24) is 39.0 Å². The van der Waals surface area contributed by atoms with Crippen LogP contribution in [0.3, 0.4) is 0 Å². The number of thiol groups is 1. The van der Waals surface area contributed by atoms with Gasteiger partial charge in [-0.3, -0.25) is 23.5 Å². The van der Waals surface area contributed by atoms with Crippen molar-refractivity contribution in [3.05, 3.63) is 29.3 Å². The molecule has 0 radical (unpaired) electrons. The highest BCUT2D eigenvalue weighted by Crippen LogP contribution is 2.60. The van der Waals surface area contributed by atoms with E-state index in [9.17, 15) is 19.4 Å². The maximum atomic E-state index is 15.8. The monoisotopic (exact) mass is 706 g/mol. The second-order valence-electron chi connectivity index (χ2n) is 10.5. The fourth-order valence-electron chi connectivity index (χ4n) is 5.90. The predicted molar refractivity (Wildman–Crippen MR) is 160 cm³/mol. The molecule has 0 aliphatic carbocycles. The molecule has 3 aliphatic rings. The Labute approximate surface area is 261 Å². The number of fused-ring (bicyclic) bond motifs is 4. The summed E-state index contributed by atoms with van der Waals surface area (Å²) in [4.78, 5) is 46.8. The summed E-state index contributed by atoms with van der Waals surface area (Å²) in [5, 5.41) is 9.82. The van der Waals surface area contributed by atoms with E-state index in [0.29, 0.717) is 11.2 Å². The Balaban J connectivity index is 1.20. The topological polar surface area (TPSA) is 263 Å². The molecule has 4 aromatic heterocycles. The van der Waals surface area contributed by atoms with Gasteiger partial charge in [0.15, 0.2) is 41.6 Å². The normalized spacial score (nSPS) is 33.3. The van der Waals surface area contributed by atoms with Crippen LogP contribution < -0.4 is 17.0 Å². The molecule has 3 saturated heterocycles. The molecule has 7 N–H and O–H groups in total. The zero-order chi connectivity index (χ0) is 31.8. The number of aliphatic hydroxyl groups is 1. The van der Waals surface area contributed by atoms with Gasteiger partial charge in [-0.2, -0.15) is 4.98 Å². The summed E-state index contributed by atoms with van der Waals surface area (Å²) in [6.07, 6.45) is -3.82. The SMILES string of the molecule is Nc1nc2c(ncn2[C@@H]2O[C@H](CO)[C@H](F)[C@H]2P(O)(=S)OC[C@@]23CO[C@@H]([C@H](n4cnc5c(N)ncnc54)O2)[C@@H]3O[PH](=O)S)c(=O)[nH]1. The number of aromatic amines is 1. The van der Waals surface area contributed by atoms with Crippen LogP contribution in [0.5, 0.6) is 0 Å². The maximum Gasteiger partial charge on any atom is 0.280 e. The maximum absolute atomic E-state index is 15.8. The van der Waals surface area contributed by atoms with E-state index in [2.05, 4.69) is 42.2 Å². The summed E-state index contributed by atoms with van der Waals surface area (Å²) >= 11 is 9.44. The Morgan fingerprint density at radius 1 is 1.22 bits per heavy atom. The lowest BCUT2D eigenvalue weighted by Gasteiger charge is -2.34. The highest BCUT2D eigenvalue weighted by atomic mass is 32.7. The number of aromatic nitrogens is 8. The summed E-state index contributed by atoms with van der Waals surface area (Å²) < 4.78 is 60.4. The van der Waals surface area contributed by atoms with E-state index in [4.69, 9.17) is 46.5 Å². The third-order valence-corrected chi connectivity index (χ3v) is 11.5. The molecule has 3 aliphatic heterocycles. The summed E-state index contributed by atoms with van der Waals surface area (Å²) in [5.74, 6) is -0.102. The molecule has 45 heavy (non-hydrogen) atoms. The number of ether oxygens (including phenoxy) is 3. The first kappa shape index (κ1) is 31.0. The summed E-state index contributed by atoms with van der Waals surface area (Å²) in [6.45, 7) is -5.62. The van der Waals surface area contributed by atoms with Crippen molar-refractivity contribution in [2.75, 3.05) is 31.3 Å². The molecule has 0 amide bonds. The van der Waals surface area contributed by atoms with E-state index in [0.717, 1.165) is 6.33 Å². The van der Waals surface area contributed by atoms with E-state index < -0.39 is 80.7 Å². The van der Waals surface area contributed by atoms with Crippen molar-refractivity contribution >= 4 is 71.9 Å². The van der Waals surface area contributed by atoms with Crippen LogP contribution in [0, 0.1) is 0 Å². The van der Waals surface area contributed by atoms with Crippen molar-refractivity contribution in [1.29, 1.82) is 0 Å². The van der Waals surface area contributed by atoms with Crippen molar-refractivity contribution in [2.24, 2.45) is 0 Å². The van der Waals surface area contributed by atoms with Crippen LogP contribution in [0.2, 0.25) is 0 Å². The molecule has 10 atom stereocenters. The lowest BCUT2D eigenvalue weighted by molar-refractivity contribution is -0.182. The number of anilines is 2. The van der Waals surface area contributed by atoms with E-state index in [1.54, 1.807) is 0 Å². The Morgan fingerprint density at radius 3 is 2.69 bits per heavy atom. The third-order valence-electron chi connectivity index (χ3n) is 7.93. The van der Waals surface area contributed by atoms with E-state index >= 15 is 4.39 Å². The Kier molecular flexibility index (Phi) is 7.76. The fraction of sp³-hybridized carbons (Fsp3) is 0.524. The first-order valence-electron chi connectivity index (χ1n) is 13.2. The van der Waals surface area contributed by atoms with Gasteiger partial charge < -0.3 is 44.7 Å². The number of nitrogens with one attached hydrogen (secondary N) is 1. The zero-order valence-corrected chi connectivity index (χ0v) is 26.2. The summed E-state index contributed by atoms with van der Waals surface area (Å²) in [5.41, 5.74) is 8.35. The largest absolute Gasteiger partial charge is 0.394 e. The quantitative estimate of drug-likeness (QED) is 0.0938. The molecule has 4 aromatic rings. The van der Waals surface area contributed by atoms with Gasteiger partial charge in [0.1, 0.15) is 47.6 Å². The Morgan fingerprint density at radius 2 is 1.96 bits per heavy atom. The number of nitrogens with two attached hydrogens (primary N) is 2. The smallest absolute Gasteiger partial charge is 0.280 e. The molecule has 7 heterocycles. The molecular formula is C21H25FN10O9P2S2. The number of halogens is 1. The van der Waals surface area contributed by atoms with Gasteiger partial charge in [-0.05, 0) is 11.8 Å². The van der Waals surface area contributed by atoms with Gasteiger partial charge >= 0.3 is 0 Å². The van der Waals surface area contributed by atoms with Crippen molar-refractivity contribution in [3.8, 4) is 0 Å². The van der Waals surface area contributed by atoms with E-state index in [1.165, 1.54) is 21.8 Å². The van der Waals surface area contributed by atoms with Gasteiger partial charge in [-0.15, -0.1) is 0 Å². The Hall–Kier alpha value is -2.62. The van der Waals surface area contributed by atoms with Gasteiger partial charge in [0.2, 0.25) is 13.2 Å². The van der Waals surface area contributed by atoms with Crippen LogP contribution >= 0.6 is 26.0 Å². The number of rotatable bonds is 9. The predicted octanol–water partition coefficient (Wildman–Crippen LogP) is -0.590. The summed E-state index contributed by atoms with van der Waals surface area (Å²) in [7, 11) is -2.86. The molecule has 7 rings (SSSR count). The van der Waals surface area contributed by atoms with Gasteiger partial charge in [-0.1, -0.05) is 12.2 Å². The number of alkyl halides is 1. The van der Waals surface area contributed by atoms with Gasteiger partial charge in [0, 0.05) is 0 Å². The first-order valence-corrected chi connectivity index (χ1v) is 18.5. The number of H-pyrrole nitrogens is 1. The molecular weight excluding hydrogens is 681 g/mol. The molecule has 2 bridgehead atoms. The van der Waals surface area contributed by atoms with Gasteiger partial charge in [0.25, 0.3) is 5.56 Å². The molecule has 0 aromatic carbocycles. The minimum Gasteiger partial charge on any atom is -0.394 e. The van der Waals surface area contributed by atoms with E-state index in [-0.39, 0.29) is 29.5 Å². The highest BCUT2D eigenvalue weighted by molar-refractivity contribution is 8.39. The van der Waals surface area contributed by atoms with Crippen LogP contribution in [-0.4, -0.2) is 105 Å². The second-order valence-corrected chi connectivity index (χ2v) is 15.9. The van der Waals surface area contributed by atoms with Gasteiger partial charge in [0.05, 0.1) is 32.5 Å². The minimum absolute atomic E-state index is 0.0657. The average Bonchev–Trinajstić information content (AvgIpc) is 3.79. The number of nitrogens with zero attached hydrogens (tertiary/aromatic N) is 7. The summed E-state index contributed by atoms with van der Waals surface area (Å²) in [6, 6.07) is 0. The van der Waals surface area contributed by atoms with Crippen molar-refractivity contribution < 1.29 is 42.2 Å². The number of aliphatic hydroxyl groups excluding tert-OH is 1. The van der Waals surface area contributed by atoms with Crippen molar-refractivity contribution in [3.63, 3.8) is 0 Å². The third kappa shape index (κ3) is 4.99. The van der Waals surface area contributed by atoms with E-state index in [1.807, 2.05) is 0 Å². The highest BCUT2D eigenvalue weighted by Gasteiger charge is 2.65. The molecule has 19 nitrogen and oxygen atoms in total. The zero-order valence-electron chi connectivity index (χ0n) is 22.6. The van der Waals surface area contributed by atoms with Crippen molar-refractivity contribution in [2.45, 2.75) is 48.2 Å². The lowest BCUT2D eigenvalue weighted by atomic mass is 10.0. The average molecular weight is 707 g/mol.